The summed E-state index contributed by atoms with van der Waals surface area (Å²) in [6, 6.07) is 4.43. The van der Waals surface area contributed by atoms with Gasteiger partial charge in [0.1, 0.15) is 17.1 Å². The molecule has 2 N–H and O–H groups in total. The van der Waals surface area contributed by atoms with Crippen LogP contribution in [0, 0.1) is 17.2 Å². The molecule has 1 aromatic heterocycles. The van der Waals surface area contributed by atoms with Gasteiger partial charge in [0.2, 0.25) is 5.91 Å². The van der Waals surface area contributed by atoms with Crippen LogP contribution in [0.1, 0.15) is 48.3 Å². The number of fused-ring (bicyclic) bond motifs is 1. The summed E-state index contributed by atoms with van der Waals surface area (Å²) in [5, 5.41) is 15.8. The Kier molecular flexibility index (Phi) is 6.63. The fraction of sp³-hybridized carbons (Fsp3) is 0.429. The molecule has 2 aromatic rings. The molecule has 1 amide bonds. The number of hydrogen-bond acceptors (Lipinski definition) is 4. The van der Waals surface area contributed by atoms with Crippen molar-refractivity contribution in [1.29, 1.82) is 5.26 Å². The lowest BCUT2D eigenvalue weighted by Gasteiger charge is -2.23. The second-order valence-corrected chi connectivity index (χ2v) is 9.09. The topological polar surface area (TPSA) is 64.9 Å². The average Bonchev–Trinajstić information content (AvgIpc) is 3.02. The Labute approximate surface area is 182 Å². The predicted octanol–water partition coefficient (Wildman–Crippen LogP) is 6.25. The number of alkyl halides is 3. The van der Waals surface area contributed by atoms with Gasteiger partial charge in [-0.15, -0.1) is 11.3 Å². The van der Waals surface area contributed by atoms with Gasteiger partial charge in [-0.25, -0.2) is 0 Å². The van der Waals surface area contributed by atoms with Gasteiger partial charge in [0.25, 0.3) is 0 Å². The number of aryl methyl sites for hydroxylation is 1. The molecule has 0 saturated carbocycles. The van der Waals surface area contributed by atoms with E-state index in [1.807, 2.05) is 13.8 Å². The van der Waals surface area contributed by atoms with Crippen LogP contribution >= 0.6 is 22.9 Å². The zero-order valence-corrected chi connectivity index (χ0v) is 18.1. The third-order valence-corrected chi connectivity index (χ3v) is 6.60. The van der Waals surface area contributed by atoms with E-state index in [0.29, 0.717) is 10.6 Å². The van der Waals surface area contributed by atoms with E-state index in [0.717, 1.165) is 48.3 Å². The summed E-state index contributed by atoms with van der Waals surface area (Å²) in [4.78, 5) is 14.1. The number of amides is 1. The molecular weight excluding hydrogens is 435 g/mol. The highest BCUT2D eigenvalue weighted by molar-refractivity contribution is 7.16. The van der Waals surface area contributed by atoms with Gasteiger partial charge in [0.05, 0.1) is 21.8 Å². The van der Waals surface area contributed by atoms with Crippen molar-refractivity contribution < 1.29 is 18.0 Å². The molecule has 0 fully saturated rings. The Morgan fingerprint density at radius 3 is 2.57 bits per heavy atom. The van der Waals surface area contributed by atoms with E-state index in [2.05, 4.69) is 16.7 Å². The highest BCUT2D eigenvalue weighted by atomic mass is 35.5. The summed E-state index contributed by atoms with van der Waals surface area (Å²) in [6.45, 7) is 3.64. The van der Waals surface area contributed by atoms with Crippen molar-refractivity contribution in [3.8, 4) is 6.07 Å². The minimum absolute atomic E-state index is 0.118. The number of carbonyl (C=O) groups is 1. The number of carbonyl (C=O) groups excluding carboxylic acids is 1. The number of halogens is 4. The third-order valence-electron chi connectivity index (χ3n) is 5.08. The second kappa shape index (κ2) is 8.86. The number of rotatable bonds is 5. The van der Waals surface area contributed by atoms with Crippen LogP contribution < -0.4 is 10.6 Å². The van der Waals surface area contributed by atoms with E-state index in [9.17, 15) is 23.2 Å². The molecular formula is C21H21ClF3N3OS. The number of nitrogens with one attached hydrogen (secondary N) is 2. The third kappa shape index (κ3) is 4.73. The van der Waals surface area contributed by atoms with E-state index in [-0.39, 0.29) is 22.5 Å². The lowest BCUT2D eigenvalue weighted by atomic mass is 9.96. The van der Waals surface area contributed by atoms with Crippen molar-refractivity contribution in [2.75, 3.05) is 10.6 Å². The van der Waals surface area contributed by atoms with Gasteiger partial charge in [0.15, 0.2) is 0 Å². The first-order valence-electron chi connectivity index (χ1n) is 9.60. The average molecular weight is 456 g/mol. The van der Waals surface area contributed by atoms with Gasteiger partial charge in [-0.05, 0) is 55.4 Å². The van der Waals surface area contributed by atoms with Crippen LogP contribution in [0.25, 0.3) is 0 Å². The number of benzene rings is 1. The van der Waals surface area contributed by atoms with E-state index in [4.69, 9.17) is 11.6 Å². The monoisotopic (exact) mass is 455 g/mol. The minimum Gasteiger partial charge on any atom is -0.372 e. The summed E-state index contributed by atoms with van der Waals surface area (Å²) < 4.78 is 38.6. The first kappa shape index (κ1) is 22.4. The van der Waals surface area contributed by atoms with E-state index < -0.39 is 17.8 Å². The van der Waals surface area contributed by atoms with Gasteiger partial charge in [-0.3, -0.25) is 4.79 Å². The van der Waals surface area contributed by atoms with Crippen molar-refractivity contribution in [2.45, 2.75) is 51.7 Å². The Hall–Kier alpha value is -2.24. The Balaban J connectivity index is 1.82. The fourth-order valence-electron chi connectivity index (χ4n) is 3.47. The second-order valence-electron chi connectivity index (χ2n) is 7.57. The van der Waals surface area contributed by atoms with E-state index in [1.54, 1.807) is 0 Å². The van der Waals surface area contributed by atoms with Gasteiger partial charge in [-0.2, -0.15) is 18.4 Å². The molecule has 0 radical (unpaired) electrons. The minimum atomic E-state index is -4.50. The molecule has 1 unspecified atom stereocenters. The van der Waals surface area contributed by atoms with Crippen molar-refractivity contribution in [3.63, 3.8) is 0 Å². The molecule has 0 bridgehead atoms. The highest BCUT2D eigenvalue weighted by Crippen LogP contribution is 2.38. The van der Waals surface area contributed by atoms with Crippen molar-refractivity contribution in [1.82, 2.24) is 0 Å². The smallest absolute Gasteiger partial charge is 0.372 e. The zero-order chi connectivity index (χ0) is 22.1. The molecule has 3 rings (SSSR count). The maximum atomic E-state index is 13.0. The number of thiophene rings is 1. The predicted molar refractivity (Wildman–Crippen MR) is 113 cm³/mol. The van der Waals surface area contributed by atoms with Crippen molar-refractivity contribution in [3.05, 3.63) is 44.8 Å². The van der Waals surface area contributed by atoms with Crippen LogP contribution in [0.5, 0.6) is 0 Å². The summed E-state index contributed by atoms with van der Waals surface area (Å²) in [7, 11) is 0. The maximum absolute atomic E-state index is 13.0. The van der Waals surface area contributed by atoms with Crippen molar-refractivity contribution >= 4 is 39.5 Å². The van der Waals surface area contributed by atoms with E-state index >= 15 is 0 Å². The number of nitrogens with zero attached hydrogens (tertiary/aromatic N) is 1. The van der Waals surface area contributed by atoms with Crippen LogP contribution in [-0.4, -0.2) is 11.9 Å². The van der Waals surface area contributed by atoms with Gasteiger partial charge in [-0.1, -0.05) is 25.4 Å². The largest absolute Gasteiger partial charge is 0.416 e. The Morgan fingerprint density at radius 1 is 1.27 bits per heavy atom. The molecule has 1 aromatic carbocycles. The van der Waals surface area contributed by atoms with Crippen LogP contribution in [0.3, 0.4) is 0 Å². The Bertz CT molecular complexity index is 995. The first-order valence-corrected chi connectivity index (χ1v) is 10.8. The molecule has 0 aliphatic heterocycles. The molecule has 30 heavy (non-hydrogen) atoms. The van der Waals surface area contributed by atoms with Gasteiger partial charge < -0.3 is 10.6 Å². The number of hydrogen-bond donors (Lipinski definition) is 2. The molecule has 1 aliphatic rings. The van der Waals surface area contributed by atoms with E-state index in [1.165, 1.54) is 17.4 Å². The number of nitriles is 1. The van der Waals surface area contributed by atoms with Crippen molar-refractivity contribution in [2.24, 2.45) is 5.92 Å². The zero-order valence-electron chi connectivity index (χ0n) is 16.5. The van der Waals surface area contributed by atoms with Crippen LogP contribution in [0.4, 0.5) is 23.9 Å². The molecule has 0 spiro atoms. The van der Waals surface area contributed by atoms with Crippen LogP contribution in [-0.2, 0) is 23.8 Å². The standard InChI is InChI=1S/C21H21ClF3N3OS/c1-11(2)18(27-16-8-7-12(9-15(16)22)21(23,24)25)19(29)28-20-14(10-26)13-5-3-4-6-17(13)30-20/h7-9,11,18,27H,3-6H2,1-2H3,(H,28,29). The van der Waals surface area contributed by atoms with Crippen LogP contribution in [0.15, 0.2) is 18.2 Å². The van der Waals surface area contributed by atoms with Crippen LogP contribution in [0.2, 0.25) is 5.02 Å². The fourth-order valence-corrected chi connectivity index (χ4v) is 4.95. The van der Waals surface area contributed by atoms with Gasteiger partial charge >= 0.3 is 6.18 Å². The highest BCUT2D eigenvalue weighted by Gasteiger charge is 2.32. The summed E-state index contributed by atoms with van der Waals surface area (Å²) in [5.41, 5.74) is 0.915. The SMILES string of the molecule is CC(C)C(Nc1ccc(C(F)(F)F)cc1Cl)C(=O)Nc1sc2c(c1C#N)CCCC2. The molecule has 1 atom stereocenters. The lowest BCUT2D eigenvalue weighted by Crippen LogP contribution is -2.39. The Morgan fingerprint density at radius 2 is 1.97 bits per heavy atom. The maximum Gasteiger partial charge on any atom is 0.416 e. The normalized spacial score (nSPS) is 14.7. The number of anilines is 2. The molecule has 9 heteroatoms. The quantitative estimate of drug-likeness (QED) is 0.560. The molecule has 160 valence electrons. The summed E-state index contributed by atoms with van der Waals surface area (Å²) in [5.74, 6) is -0.542. The molecule has 0 saturated heterocycles. The summed E-state index contributed by atoms with van der Waals surface area (Å²) >= 11 is 7.46. The molecule has 4 nitrogen and oxygen atoms in total. The lowest BCUT2D eigenvalue weighted by molar-refractivity contribution is -0.137. The summed E-state index contributed by atoms with van der Waals surface area (Å²) in [6.07, 6.45) is -0.680. The molecule has 1 heterocycles. The van der Waals surface area contributed by atoms with Gasteiger partial charge in [0, 0.05) is 4.88 Å². The molecule has 1 aliphatic carbocycles. The first-order chi connectivity index (χ1) is 14.1.